The van der Waals surface area contributed by atoms with Gasteiger partial charge in [0.15, 0.2) is 16.6 Å². The lowest BCUT2D eigenvalue weighted by atomic mass is 10.1. The van der Waals surface area contributed by atoms with Gasteiger partial charge in [-0.15, -0.1) is 0 Å². The molecule has 1 amide bonds. The molecular formula is C27H24IN3O6S. The van der Waals surface area contributed by atoms with Crippen LogP contribution < -0.4 is 19.1 Å². The first-order valence-corrected chi connectivity index (χ1v) is 13.0. The molecular weight excluding hydrogens is 621 g/mol. The van der Waals surface area contributed by atoms with E-state index in [9.17, 15) is 14.9 Å². The summed E-state index contributed by atoms with van der Waals surface area (Å²) >= 11 is 7.72. The molecule has 0 radical (unpaired) electrons. The van der Waals surface area contributed by atoms with Crippen molar-refractivity contribution in [3.8, 4) is 17.2 Å². The van der Waals surface area contributed by atoms with Gasteiger partial charge in [-0.3, -0.25) is 19.8 Å². The van der Waals surface area contributed by atoms with E-state index < -0.39 is 4.92 Å². The highest BCUT2D eigenvalue weighted by Gasteiger charge is 2.36. The molecule has 0 bridgehead atoms. The Bertz CT molecular complexity index is 1410. The molecule has 0 spiro atoms. The van der Waals surface area contributed by atoms with Crippen LogP contribution in [0.25, 0.3) is 6.08 Å². The van der Waals surface area contributed by atoms with Gasteiger partial charge in [0.05, 0.1) is 27.9 Å². The molecule has 1 aliphatic heterocycles. The van der Waals surface area contributed by atoms with E-state index in [1.54, 1.807) is 60.5 Å². The van der Waals surface area contributed by atoms with Crippen molar-refractivity contribution in [2.24, 2.45) is 0 Å². The lowest BCUT2D eigenvalue weighted by Gasteiger charge is -2.16. The highest BCUT2D eigenvalue weighted by Crippen LogP contribution is 2.36. The fourth-order valence-corrected chi connectivity index (χ4v) is 4.90. The molecule has 38 heavy (non-hydrogen) atoms. The molecule has 196 valence electrons. The predicted molar refractivity (Wildman–Crippen MR) is 157 cm³/mol. The molecule has 1 fully saturated rings. The third-order valence-electron chi connectivity index (χ3n) is 5.75. The normalized spacial score (nSPS) is 14.3. The SMILES string of the molecule is CCOc1ccc(N2C(=O)/C(=C/c3cc(I)c(OCc4ccc([N+](=O)[O-])cc4)c(OC)c3)N(C)C2=S)cc1. The number of hydrogen-bond donors (Lipinski definition) is 0. The molecule has 11 heteroatoms. The van der Waals surface area contributed by atoms with Crippen LogP contribution >= 0.6 is 34.8 Å². The van der Waals surface area contributed by atoms with E-state index in [4.69, 9.17) is 26.4 Å². The second-order valence-corrected chi connectivity index (χ2v) is 9.71. The van der Waals surface area contributed by atoms with Gasteiger partial charge in [0.25, 0.3) is 11.6 Å². The number of carbonyl (C=O) groups excluding carboxylic acids is 1. The molecule has 0 atom stereocenters. The molecule has 0 aromatic heterocycles. The number of nitro benzene ring substituents is 1. The molecule has 1 heterocycles. The van der Waals surface area contributed by atoms with Crippen molar-refractivity contribution in [2.75, 3.05) is 25.7 Å². The van der Waals surface area contributed by atoms with E-state index in [-0.39, 0.29) is 18.2 Å². The molecule has 3 aromatic carbocycles. The number of nitrogens with zero attached hydrogens (tertiary/aromatic N) is 3. The van der Waals surface area contributed by atoms with Gasteiger partial charge in [-0.05, 0) is 107 Å². The zero-order chi connectivity index (χ0) is 27.4. The quantitative estimate of drug-likeness (QED) is 0.0950. The fourth-order valence-electron chi connectivity index (χ4n) is 3.83. The van der Waals surface area contributed by atoms with Gasteiger partial charge in [0.1, 0.15) is 18.1 Å². The lowest BCUT2D eigenvalue weighted by molar-refractivity contribution is -0.384. The van der Waals surface area contributed by atoms with Crippen LogP contribution in [0.3, 0.4) is 0 Å². The maximum Gasteiger partial charge on any atom is 0.281 e. The van der Waals surface area contributed by atoms with Gasteiger partial charge < -0.3 is 19.1 Å². The summed E-state index contributed by atoms with van der Waals surface area (Å²) in [5, 5.41) is 11.2. The number of ether oxygens (including phenoxy) is 3. The van der Waals surface area contributed by atoms with E-state index >= 15 is 0 Å². The zero-order valence-corrected chi connectivity index (χ0v) is 23.8. The van der Waals surface area contributed by atoms with Crippen LogP contribution in [0.5, 0.6) is 17.2 Å². The topological polar surface area (TPSA) is 94.4 Å². The number of likely N-dealkylation sites (N-methyl/N-ethyl adjacent to an activating group) is 1. The van der Waals surface area contributed by atoms with Crippen LogP contribution in [0, 0.1) is 13.7 Å². The number of amides is 1. The number of nitro groups is 1. The maximum atomic E-state index is 13.4. The van der Waals surface area contributed by atoms with Gasteiger partial charge in [0, 0.05) is 19.2 Å². The molecule has 0 saturated carbocycles. The Morgan fingerprint density at radius 3 is 2.37 bits per heavy atom. The number of halogens is 1. The van der Waals surface area contributed by atoms with E-state index in [0.29, 0.717) is 34.6 Å². The highest BCUT2D eigenvalue weighted by molar-refractivity contribution is 14.1. The van der Waals surface area contributed by atoms with Crippen LogP contribution in [0.4, 0.5) is 11.4 Å². The Morgan fingerprint density at radius 1 is 1.08 bits per heavy atom. The van der Waals surface area contributed by atoms with Gasteiger partial charge in [0.2, 0.25) is 0 Å². The first kappa shape index (κ1) is 27.3. The number of methoxy groups -OCH3 is 1. The summed E-state index contributed by atoms with van der Waals surface area (Å²) in [6.07, 6.45) is 1.76. The summed E-state index contributed by atoms with van der Waals surface area (Å²) in [5.74, 6) is 1.50. The van der Waals surface area contributed by atoms with Crippen molar-refractivity contribution >= 4 is 63.3 Å². The number of non-ortho nitro benzene ring substituents is 1. The second-order valence-electron chi connectivity index (χ2n) is 8.18. The Hall–Kier alpha value is -3.71. The molecule has 9 nitrogen and oxygen atoms in total. The first-order chi connectivity index (χ1) is 18.2. The summed E-state index contributed by atoms with van der Waals surface area (Å²) in [6.45, 7) is 2.67. The number of thiocarbonyl (C=S) groups is 1. The van der Waals surface area contributed by atoms with Crippen molar-refractivity contribution in [1.82, 2.24) is 4.90 Å². The third kappa shape index (κ3) is 5.73. The van der Waals surface area contributed by atoms with E-state index in [0.717, 1.165) is 20.4 Å². The molecule has 1 saturated heterocycles. The number of benzene rings is 3. The van der Waals surface area contributed by atoms with Crippen LogP contribution in [0.15, 0.2) is 66.4 Å². The average Bonchev–Trinajstić information content (AvgIpc) is 3.11. The lowest BCUT2D eigenvalue weighted by Crippen LogP contribution is -2.31. The first-order valence-electron chi connectivity index (χ1n) is 11.5. The van der Waals surface area contributed by atoms with Crippen molar-refractivity contribution < 1.29 is 23.9 Å². The highest BCUT2D eigenvalue weighted by atomic mass is 127. The molecule has 0 N–H and O–H groups in total. The molecule has 3 aromatic rings. The fraction of sp³-hybridized carbons (Fsp3) is 0.185. The maximum absolute atomic E-state index is 13.4. The number of hydrogen-bond acceptors (Lipinski definition) is 7. The van der Waals surface area contributed by atoms with E-state index in [1.807, 2.05) is 13.0 Å². The van der Waals surface area contributed by atoms with Crippen molar-refractivity contribution in [3.05, 3.63) is 91.2 Å². The predicted octanol–water partition coefficient (Wildman–Crippen LogP) is 5.79. The van der Waals surface area contributed by atoms with Crippen molar-refractivity contribution in [3.63, 3.8) is 0 Å². The number of rotatable bonds is 9. The van der Waals surface area contributed by atoms with Crippen LogP contribution in [-0.2, 0) is 11.4 Å². The summed E-state index contributed by atoms with van der Waals surface area (Å²) in [4.78, 5) is 27.0. The van der Waals surface area contributed by atoms with E-state index in [2.05, 4.69) is 22.6 Å². The number of carbonyl (C=O) groups is 1. The third-order valence-corrected chi connectivity index (χ3v) is 7.01. The van der Waals surface area contributed by atoms with Gasteiger partial charge in [-0.25, -0.2) is 0 Å². The minimum Gasteiger partial charge on any atom is -0.494 e. The largest absolute Gasteiger partial charge is 0.494 e. The smallest absolute Gasteiger partial charge is 0.281 e. The Labute approximate surface area is 238 Å². The molecule has 0 unspecified atom stereocenters. The van der Waals surface area contributed by atoms with Crippen LogP contribution in [0.2, 0.25) is 0 Å². The standard InChI is InChI=1S/C27H24IN3O6S/c1-4-36-21-11-9-19(10-12-21)30-26(32)23(29(2)27(30)38)14-18-13-22(28)25(24(15-18)35-3)37-16-17-5-7-20(8-6-17)31(33)34/h5-15H,4,16H2,1-3H3/b23-14-. The Kier molecular flexibility index (Phi) is 8.47. The Morgan fingerprint density at radius 2 is 1.76 bits per heavy atom. The van der Waals surface area contributed by atoms with Crippen molar-refractivity contribution in [2.45, 2.75) is 13.5 Å². The van der Waals surface area contributed by atoms with Gasteiger partial charge in [-0.1, -0.05) is 0 Å². The monoisotopic (exact) mass is 645 g/mol. The second kappa shape index (κ2) is 11.8. The van der Waals surface area contributed by atoms with Gasteiger partial charge >= 0.3 is 0 Å². The summed E-state index contributed by atoms with van der Waals surface area (Å²) in [7, 11) is 3.29. The summed E-state index contributed by atoms with van der Waals surface area (Å²) in [5.41, 5.74) is 2.61. The average molecular weight is 645 g/mol. The minimum absolute atomic E-state index is 0.0188. The minimum atomic E-state index is -0.444. The number of anilines is 1. The van der Waals surface area contributed by atoms with Gasteiger partial charge in [-0.2, -0.15) is 0 Å². The van der Waals surface area contributed by atoms with E-state index in [1.165, 1.54) is 24.1 Å². The molecule has 0 aliphatic carbocycles. The van der Waals surface area contributed by atoms with Crippen molar-refractivity contribution in [1.29, 1.82) is 0 Å². The molecule has 1 aliphatic rings. The Balaban J connectivity index is 1.56. The molecule has 4 rings (SSSR count). The summed E-state index contributed by atoms with van der Waals surface area (Å²) in [6, 6.07) is 17.0. The zero-order valence-electron chi connectivity index (χ0n) is 20.8. The summed E-state index contributed by atoms with van der Waals surface area (Å²) < 4.78 is 17.8. The van der Waals surface area contributed by atoms with Crippen LogP contribution in [0.1, 0.15) is 18.1 Å². The van der Waals surface area contributed by atoms with Crippen LogP contribution in [-0.4, -0.2) is 41.6 Å².